The number of hydrogen-bond donors (Lipinski definition) is 0. The summed E-state index contributed by atoms with van der Waals surface area (Å²) in [6, 6.07) is 42.5. The number of rotatable bonds is 3. The van der Waals surface area contributed by atoms with Crippen LogP contribution in [-0.2, 0) is 0 Å². The minimum atomic E-state index is 0.903. The zero-order chi connectivity index (χ0) is 25.1. The van der Waals surface area contributed by atoms with Gasteiger partial charge in [0.1, 0.15) is 11.0 Å². The van der Waals surface area contributed by atoms with Crippen LogP contribution < -0.4 is 0 Å². The van der Waals surface area contributed by atoms with E-state index in [1.165, 1.54) is 16.5 Å². The molecule has 0 unspecified atom stereocenters. The molecule has 8 rings (SSSR count). The molecule has 0 saturated heterocycles. The third-order valence-electron chi connectivity index (χ3n) is 7.41. The van der Waals surface area contributed by atoms with Crippen molar-refractivity contribution in [3.63, 3.8) is 0 Å². The topological polar surface area (TPSA) is 35.6 Å². The van der Waals surface area contributed by atoms with E-state index >= 15 is 0 Å². The highest BCUT2D eigenvalue weighted by atomic mass is 15.1. The second-order valence-electron chi connectivity index (χ2n) is 9.53. The van der Waals surface area contributed by atoms with E-state index < -0.39 is 0 Å². The molecule has 8 aromatic rings. The van der Waals surface area contributed by atoms with E-state index in [1.54, 1.807) is 0 Å². The Morgan fingerprint density at radius 2 is 1.05 bits per heavy atom. The van der Waals surface area contributed by atoms with E-state index in [4.69, 9.17) is 9.97 Å². The first-order chi connectivity index (χ1) is 18.9. The van der Waals surface area contributed by atoms with Crippen molar-refractivity contribution in [3.8, 4) is 22.5 Å². The van der Waals surface area contributed by atoms with E-state index in [9.17, 15) is 0 Å². The first-order valence-electron chi connectivity index (χ1n) is 12.8. The molecule has 0 amide bonds. The first kappa shape index (κ1) is 20.9. The Labute approximate surface area is 219 Å². The van der Waals surface area contributed by atoms with Crippen LogP contribution in [0, 0.1) is 0 Å². The molecule has 0 saturated carbocycles. The lowest BCUT2D eigenvalue weighted by Crippen LogP contribution is -1.99. The van der Waals surface area contributed by atoms with Crippen molar-refractivity contribution >= 4 is 43.9 Å². The second kappa shape index (κ2) is 8.15. The van der Waals surface area contributed by atoms with Gasteiger partial charge in [0.25, 0.3) is 0 Å². The van der Waals surface area contributed by atoms with Crippen LogP contribution >= 0.6 is 0 Å². The Bertz CT molecular complexity index is 2100. The molecule has 38 heavy (non-hydrogen) atoms. The molecule has 0 spiro atoms. The Morgan fingerprint density at radius 1 is 0.421 bits per heavy atom. The Balaban J connectivity index is 1.52. The number of pyridine rings is 2. The molecule has 0 aliphatic heterocycles. The lowest BCUT2D eigenvalue weighted by atomic mass is 10.1. The van der Waals surface area contributed by atoms with Crippen molar-refractivity contribution < 1.29 is 0 Å². The van der Waals surface area contributed by atoms with E-state index in [1.807, 2.05) is 24.5 Å². The van der Waals surface area contributed by atoms with Gasteiger partial charge in [-0.1, -0.05) is 78.9 Å². The van der Waals surface area contributed by atoms with Crippen LogP contribution in [0.2, 0.25) is 0 Å². The third kappa shape index (κ3) is 2.98. The van der Waals surface area contributed by atoms with E-state index in [-0.39, 0.29) is 0 Å². The maximum absolute atomic E-state index is 5.01. The van der Waals surface area contributed by atoms with Crippen LogP contribution in [0.5, 0.6) is 0 Å². The van der Waals surface area contributed by atoms with Crippen molar-refractivity contribution in [2.24, 2.45) is 0 Å². The van der Waals surface area contributed by atoms with Gasteiger partial charge in [-0.05, 0) is 53.6 Å². The lowest BCUT2D eigenvalue weighted by Gasteiger charge is -2.12. The Morgan fingerprint density at radius 3 is 1.87 bits per heavy atom. The second-order valence-corrected chi connectivity index (χ2v) is 9.53. The van der Waals surface area contributed by atoms with Crippen molar-refractivity contribution in [1.82, 2.24) is 19.1 Å². The largest absolute Gasteiger partial charge is 0.307 e. The normalized spacial score (nSPS) is 11.7. The highest BCUT2D eigenvalue weighted by Crippen LogP contribution is 2.40. The molecule has 4 heteroatoms. The molecule has 0 N–H and O–H groups in total. The molecule has 4 aromatic heterocycles. The molecule has 0 atom stereocenters. The molecule has 0 aliphatic carbocycles. The molecule has 4 nitrogen and oxygen atoms in total. The highest BCUT2D eigenvalue weighted by Gasteiger charge is 2.22. The average molecular weight is 487 g/mol. The third-order valence-corrected chi connectivity index (χ3v) is 7.41. The quantitative estimate of drug-likeness (QED) is 0.252. The van der Waals surface area contributed by atoms with Crippen LogP contribution in [0.1, 0.15) is 0 Å². The number of hydrogen-bond acceptors (Lipinski definition) is 2. The minimum Gasteiger partial charge on any atom is -0.307 e. The van der Waals surface area contributed by atoms with Crippen molar-refractivity contribution in [2.75, 3.05) is 0 Å². The van der Waals surface area contributed by atoms with E-state index in [0.717, 1.165) is 49.9 Å². The molecule has 0 fully saturated rings. The molecular formula is C34H22N4. The van der Waals surface area contributed by atoms with Crippen LogP contribution in [0.4, 0.5) is 0 Å². The molecule has 0 aliphatic rings. The van der Waals surface area contributed by atoms with Gasteiger partial charge in [-0.2, -0.15) is 0 Å². The standard InChI is InChI=1S/C34H22N4/c1-3-10-23(11-4-1)24-17-19-26(20-18-24)38-30-16-9-21-35-31(30)32-34(38)33-28(22-36-32)27-14-7-8-15-29(27)37(33)25-12-5-2-6-13-25/h1-22H. The van der Waals surface area contributed by atoms with Crippen LogP contribution in [0.3, 0.4) is 0 Å². The van der Waals surface area contributed by atoms with Crippen LogP contribution in [0.25, 0.3) is 66.4 Å². The number of aromatic nitrogens is 4. The van der Waals surface area contributed by atoms with Gasteiger partial charge in [0.2, 0.25) is 0 Å². The van der Waals surface area contributed by atoms with Gasteiger partial charge in [0.05, 0.1) is 22.1 Å². The monoisotopic (exact) mass is 486 g/mol. The summed E-state index contributed by atoms with van der Waals surface area (Å²) in [5.41, 5.74) is 10.8. The van der Waals surface area contributed by atoms with Crippen molar-refractivity contribution in [3.05, 3.63) is 134 Å². The Hall–Kier alpha value is -5.22. The zero-order valence-corrected chi connectivity index (χ0v) is 20.5. The summed E-state index contributed by atoms with van der Waals surface area (Å²) < 4.78 is 4.68. The smallest absolute Gasteiger partial charge is 0.117 e. The lowest BCUT2D eigenvalue weighted by molar-refractivity contribution is 1.14. The number of benzene rings is 4. The zero-order valence-electron chi connectivity index (χ0n) is 20.5. The average Bonchev–Trinajstić information content (AvgIpc) is 3.51. The van der Waals surface area contributed by atoms with Crippen molar-refractivity contribution in [1.29, 1.82) is 0 Å². The number of nitrogens with zero attached hydrogens (tertiary/aromatic N) is 4. The van der Waals surface area contributed by atoms with Crippen LogP contribution in [0.15, 0.2) is 134 Å². The van der Waals surface area contributed by atoms with Gasteiger partial charge in [-0.15, -0.1) is 0 Å². The first-order valence-corrected chi connectivity index (χ1v) is 12.8. The van der Waals surface area contributed by atoms with Gasteiger partial charge in [-0.25, -0.2) is 0 Å². The summed E-state index contributed by atoms with van der Waals surface area (Å²) in [5, 5.41) is 2.31. The summed E-state index contributed by atoms with van der Waals surface area (Å²) in [5.74, 6) is 0. The SMILES string of the molecule is c1ccc(-c2ccc(-n3c4cccnc4c4ncc5c6ccccc6n(-c6ccccc6)c5c43)cc2)cc1. The molecule has 4 heterocycles. The minimum absolute atomic E-state index is 0.903. The maximum atomic E-state index is 5.01. The number of para-hydroxylation sites is 2. The fourth-order valence-corrected chi connectivity index (χ4v) is 5.74. The number of fused-ring (bicyclic) bond motifs is 7. The molecule has 178 valence electrons. The summed E-state index contributed by atoms with van der Waals surface area (Å²) in [6.07, 6.45) is 3.86. The molecule has 4 aromatic carbocycles. The summed E-state index contributed by atoms with van der Waals surface area (Å²) >= 11 is 0. The van der Waals surface area contributed by atoms with E-state index in [0.29, 0.717) is 0 Å². The van der Waals surface area contributed by atoms with Gasteiger partial charge in [0.15, 0.2) is 0 Å². The predicted molar refractivity (Wildman–Crippen MR) is 156 cm³/mol. The summed E-state index contributed by atoms with van der Waals surface area (Å²) in [7, 11) is 0. The molecule has 0 bridgehead atoms. The van der Waals surface area contributed by atoms with Gasteiger partial charge >= 0.3 is 0 Å². The fourth-order valence-electron chi connectivity index (χ4n) is 5.74. The van der Waals surface area contributed by atoms with Gasteiger partial charge < -0.3 is 9.13 Å². The van der Waals surface area contributed by atoms with Crippen LogP contribution in [-0.4, -0.2) is 19.1 Å². The molecule has 0 radical (unpaired) electrons. The summed E-state index contributed by atoms with van der Waals surface area (Å²) in [4.78, 5) is 9.80. The predicted octanol–water partition coefficient (Wildman–Crippen LogP) is 8.34. The molecular weight excluding hydrogens is 464 g/mol. The summed E-state index contributed by atoms with van der Waals surface area (Å²) in [6.45, 7) is 0. The van der Waals surface area contributed by atoms with Gasteiger partial charge in [-0.3, -0.25) is 9.97 Å². The van der Waals surface area contributed by atoms with Crippen molar-refractivity contribution in [2.45, 2.75) is 0 Å². The van der Waals surface area contributed by atoms with E-state index in [2.05, 4.69) is 118 Å². The Kier molecular flexibility index (Phi) is 4.49. The fraction of sp³-hybridized carbons (Fsp3) is 0. The maximum Gasteiger partial charge on any atom is 0.117 e. The highest BCUT2D eigenvalue weighted by molar-refractivity contribution is 6.21. The van der Waals surface area contributed by atoms with Gasteiger partial charge in [0, 0.05) is 34.5 Å².